The molecule has 3 rings (SSSR count). The van der Waals surface area contributed by atoms with Crippen LogP contribution in [0.2, 0.25) is 0 Å². The van der Waals surface area contributed by atoms with Gasteiger partial charge in [-0.15, -0.1) is 0 Å². The van der Waals surface area contributed by atoms with E-state index in [9.17, 15) is 9.46 Å². The molecular formula is C18H13O3P. The topological polar surface area (TPSA) is 49.4 Å². The van der Waals surface area contributed by atoms with Crippen LogP contribution in [0.5, 0.6) is 5.75 Å². The molecule has 0 fully saturated rings. The van der Waals surface area contributed by atoms with Crippen LogP contribution in [0.3, 0.4) is 0 Å². The second-order valence-electron chi connectivity index (χ2n) is 4.73. The van der Waals surface area contributed by atoms with Crippen molar-refractivity contribution in [3.63, 3.8) is 0 Å². The molecule has 0 aromatic heterocycles. The average molecular weight is 308 g/mol. The lowest BCUT2D eigenvalue weighted by molar-refractivity contribution is -0.178. The van der Waals surface area contributed by atoms with Gasteiger partial charge in [-0.05, 0) is 27.3 Å². The summed E-state index contributed by atoms with van der Waals surface area (Å²) in [5.41, 5.74) is 3.62. The minimum Gasteiger partial charge on any atom is -0.558 e. The molecule has 0 aliphatic heterocycles. The average Bonchev–Trinajstić information content (AvgIpc) is 2.56. The SMILES string of the molecule is O=[P+]([O-])Oc1cccc(-c2ccccc2)c1-c1ccccc1. The van der Waals surface area contributed by atoms with Crippen LogP contribution < -0.4 is 9.42 Å². The van der Waals surface area contributed by atoms with Crippen molar-refractivity contribution >= 4 is 8.25 Å². The van der Waals surface area contributed by atoms with E-state index in [4.69, 9.17) is 4.52 Å². The van der Waals surface area contributed by atoms with Crippen molar-refractivity contribution in [2.45, 2.75) is 0 Å². The number of benzene rings is 3. The Bertz CT molecular complexity index is 786. The van der Waals surface area contributed by atoms with Crippen molar-refractivity contribution in [1.29, 1.82) is 0 Å². The fourth-order valence-electron chi connectivity index (χ4n) is 2.45. The highest BCUT2D eigenvalue weighted by atomic mass is 31.1. The van der Waals surface area contributed by atoms with Crippen molar-refractivity contribution < 1.29 is 14.0 Å². The van der Waals surface area contributed by atoms with E-state index in [1.165, 1.54) is 0 Å². The number of rotatable bonds is 4. The van der Waals surface area contributed by atoms with Crippen LogP contribution >= 0.6 is 8.25 Å². The number of hydrogen-bond acceptors (Lipinski definition) is 3. The van der Waals surface area contributed by atoms with Crippen molar-refractivity contribution in [2.75, 3.05) is 0 Å². The maximum absolute atomic E-state index is 11.0. The van der Waals surface area contributed by atoms with Gasteiger partial charge in [-0.1, -0.05) is 72.8 Å². The first-order valence-electron chi connectivity index (χ1n) is 6.82. The Hall–Kier alpha value is -2.48. The van der Waals surface area contributed by atoms with E-state index in [1.807, 2.05) is 66.7 Å². The van der Waals surface area contributed by atoms with Gasteiger partial charge in [0.15, 0.2) is 5.75 Å². The third-order valence-electron chi connectivity index (χ3n) is 3.35. The van der Waals surface area contributed by atoms with Gasteiger partial charge in [0, 0.05) is 5.56 Å². The molecule has 3 aromatic carbocycles. The standard InChI is InChI=1S/C18H13O3P/c19-22(20)21-17-13-7-12-16(14-8-3-1-4-9-14)18(17)15-10-5-2-6-11-15/h1-13H. The zero-order valence-corrected chi connectivity index (χ0v) is 12.6. The minimum absolute atomic E-state index is 0.337. The Morgan fingerprint density at radius 2 is 1.32 bits per heavy atom. The molecule has 3 nitrogen and oxygen atoms in total. The van der Waals surface area contributed by atoms with Crippen LogP contribution in [0, 0.1) is 0 Å². The summed E-state index contributed by atoms with van der Waals surface area (Å²) in [5, 5.41) is 0. The highest BCUT2D eigenvalue weighted by Gasteiger charge is 2.17. The Balaban J connectivity index is 2.24. The predicted molar refractivity (Wildman–Crippen MR) is 85.5 cm³/mol. The Morgan fingerprint density at radius 1 is 0.727 bits per heavy atom. The predicted octanol–water partition coefficient (Wildman–Crippen LogP) is 4.42. The quantitative estimate of drug-likeness (QED) is 0.670. The Morgan fingerprint density at radius 3 is 1.91 bits per heavy atom. The summed E-state index contributed by atoms with van der Waals surface area (Å²) in [4.78, 5) is 11.0. The van der Waals surface area contributed by atoms with E-state index < -0.39 is 8.25 Å². The van der Waals surface area contributed by atoms with Gasteiger partial charge in [0.05, 0.1) is 0 Å². The van der Waals surface area contributed by atoms with Gasteiger partial charge in [-0.2, -0.15) is 0 Å². The van der Waals surface area contributed by atoms with E-state index in [0.29, 0.717) is 5.75 Å². The van der Waals surface area contributed by atoms with Gasteiger partial charge in [0.2, 0.25) is 0 Å². The second-order valence-corrected chi connectivity index (χ2v) is 5.36. The molecule has 4 heteroatoms. The third-order valence-corrected chi connectivity index (χ3v) is 3.69. The van der Waals surface area contributed by atoms with Gasteiger partial charge in [0.1, 0.15) is 0 Å². The second kappa shape index (κ2) is 6.52. The molecule has 108 valence electrons. The smallest absolute Gasteiger partial charge is 0.539 e. The van der Waals surface area contributed by atoms with Crippen LogP contribution in [-0.2, 0) is 4.57 Å². The highest BCUT2D eigenvalue weighted by molar-refractivity contribution is 7.31. The summed E-state index contributed by atoms with van der Waals surface area (Å²) in [5.74, 6) is 0.337. The third kappa shape index (κ3) is 3.06. The molecule has 0 amide bonds. The molecule has 0 aliphatic rings. The normalized spacial score (nSPS) is 11.0. The molecule has 0 heterocycles. The monoisotopic (exact) mass is 308 g/mol. The van der Waals surface area contributed by atoms with Crippen LogP contribution in [0.1, 0.15) is 0 Å². The van der Waals surface area contributed by atoms with E-state index in [0.717, 1.165) is 22.3 Å². The summed E-state index contributed by atoms with van der Waals surface area (Å²) in [7, 11) is -2.96. The lowest BCUT2D eigenvalue weighted by Crippen LogP contribution is -1.96. The first-order chi connectivity index (χ1) is 10.8. The number of hydrogen-bond donors (Lipinski definition) is 0. The van der Waals surface area contributed by atoms with E-state index >= 15 is 0 Å². The summed E-state index contributed by atoms with van der Waals surface area (Å²) < 4.78 is 16.0. The summed E-state index contributed by atoms with van der Waals surface area (Å²) in [6, 6.07) is 24.9. The molecule has 1 atom stereocenters. The van der Waals surface area contributed by atoms with Crippen LogP contribution in [0.15, 0.2) is 78.9 Å². The van der Waals surface area contributed by atoms with Gasteiger partial charge >= 0.3 is 8.25 Å². The van der Waals surface area contributed by atoms with Crippen LogP contribution in [-0.4, -0.2) is 0 Å². The van der Waals surface area contributed by atoms with Gasteiger partial charge in [-0.3, -0.25) is 4.52 Å². The molecule has 1 unspecified atom stereocenters. The molecular weight excluding hydrogens is 295 g/mol. The van der Waals surface area contributed by atoms with Crippen molar-refractivity contribution in [3.8, 4) is 28.0 Å². The Kier molecular flexibility index (Phi) is 4.29. The zero-order chi connectivity index (χ0) is 15.4. The molecule has 22 heavy (non-hydrogen) atoms. The van der Waals surface area contributed by atoms with E-state index in [-0.39, 0.29) is 0 Å². The highest BCUT2D eigenvalue weighted by Crippen LogP contribution is 2.40. The summed E-state index contributed by atoms with van der Waals surface area (Å²) in [6.07, 6.45) is 0. The van der Waals surface area contributed by atoms with Gasteiger partial charge in [-0.25, -0.2) is 0 Å². The molecule has 0 bridgehead atoms. The minimum atomic E-state index is -2.96. The molecule has 0 saturated carbocycles. The fourth-order valence-corrected chi connectivity index (χ4v) is 2.76. The van der Waals surface area contributed by atoms with Crippen LogP contribution in [0.25, 0.3) is 22.3 Å². The molecule has 3 aromatic rings. The van der Waals surface area contributed by atoms with E-state index in [2.05, 4.69) is 0 Å². The first kappa shape index (κ1) is 14.5. The van der Waals surface area contributed by atoms with E-state index in [1.54, 1.807) is 12.1 Å². The maximum atomic E-state index is 11.0. The van der Waals surface area contributed by atoms with Gasteiger partial charge < -0.3 is 4.89 Å². The Labute approximate surface area is 129 Å². The van der Waals surface area contributed by atoms with Gasteiger partial charge in [0.25, 0.3) is 0 Å². The lowest BCUT2D eigenvalue weighted by atomic mass is 9.94. The first-order valence-corrected chi connectivity index (χ1v) is 7.91. The summed E-state index contributed by atoms with van der Waals surface area (Å²) in [6.45, 7) is 0. The molecule has 0 radical (unpaired) electrons. The van der Waals surface area contributed by atoms with Crippen molar-refractivity contribution in [3.05, 3.63) is 78.9 Å². The van der Waals surface area contributed by atoms with Crippen molar-refractivity contribution in [2.24, 2.45) is 0 Å². The fraction of sp³-hybridized carbons (Fsp3) is 0. The molecule has 0 saturated heterocycles. The lowest BCUT2D eigenvalue weighted by Gasteiger charge is -2.12. The molecule has 0 aliphatic carbocycles. The summed E-state index contributed by atoms with van der Waals surface area (Å²) >= 11 is 0. The largest absolute Gasteiger partial charge is 0.558 e. The van der Waals surface area contributed by atoms with Crippen LogP contribution in [0.4, 0.5) is 0 Å². The van der Waals surface area contributed by atoms with Crippen molar-refractivity contribution in [1.82, 2.24) is 0 Å². The zero-order valence-electron chi connectivity index (χ0n) is 11.7. The molecule has 0 N–H and O–H groups in total. The molecule has 0 spiro atoms. The maximum Gasteiger partial charge on any atom is 0.539 e.